The van der Waals surface area contributed by atoms with Crippen molar-refractivity contribution in [2.24, 2.45) is 0 Å². The highest BCUT2D eigenvalue weighted by molar-refractivity contribution is 6.43. The summed E-state index contributed by atoms with van der Waals surface area (Å²) in [6.45, 7) is 5.23. The smallest absolute Gasteiger partial charge is 0.294 e. The Kier molecular flexibility index (Phi) is 3.27. The molecule has 90 valence electrons. The molecule has 0 unspecified atom stereocenters. The van der Waals surface area contributed by atoms with E-state index >= 15 is 0 Å². The van der Waals surface area contributed by atoms with Crippen LogP contribution in [-0.4, -0.2) is 29.7 Å². The molecule has 0 aliphatic carbocycles. The molecule has 0 saturated carbocycles. The molecule has 1 aliphatic heterocycles. The molecule has 0 bridgehead atoms. The standard InChI is InChI=1S/C14H17NO2/c1-10-5-6-11(2)12(9-10)13(16)14(17)15-7-3-4-8-15/h5-6,9H,3-4,7-8H2,1-2H3. The van der Waals surface area contributed by atoms with Crippen molar-refractivity contribution in [2.45, 2.75) is 26.7 Å². The van der Waals surface area contributed by atoms with Gasteiger partial charge in [0.2, 0.25) is 0 Å². The first-order valence-corrected chi connectivity index (χ1v) is 6.00. The third kappa shape index (κ3) is 2.38. The van der Waals surface area contributed by atoms with Crippen molar-refractivity contribution >= 4 is 11.7 Å². The van der Waals surface area contributed by atoms with Crippen LogP contribution in [0.5, 0.6) is 0 Å². The molecule has 2 rings (SSSR count). The molecule has 3 nitrogen and oxygen atoms in total. The maximum absolute atomic E-state index is 12.1. The SMILES string of the molecule is Cc1ccc(C)c(C(=O)C(=O)N2CCCC2)c1. The average molecular weight is 231 g/mol. The fourth-order valence-corrected chi connectivity index (χ4v) is 2.16. The Hall–Kier alpha value is -1.64. The van der Waals surface area contributed by atoms with E-state index in [4.69, 9.17) is 0 Å². The number of amides is 1. The van der Waals surface area contributed by atoms with E-state index in [1.54, 1.807) is 11.0 Å². The summed E-state index contributed by atoms with van der Waals surface area (Å²) in [7, 11) is 0. The fraction of sp³-hybridized carbons (Fsp3) is 0.429. The van der Waals surface area contributed by atoms with Crippen LogP contribution in [0.1, 0.15) is 34.3 Å². The molecular formula is C14H17NO2. The summed E-state index contributed by atoms with van der Waals surface area (Å²) in [5.74, 6) is -0.718. The second-order valence-corrected chi connectivity index (χ2v) is 4.65. The van der Waals surface area contributed by atoms with Crippen LogP contribution in [0, 0.1) is 13.8 Å². The lowest BCUT2D eigenvalue weighted by Crippen LogP contribution is -2.34. The van der Waals surface area contributed by atoms with Crippen molar-refractivity contribution in [3.63, 3.8) is 0 Å². The molecule has 1 aliphatic rings. The number of carbonyl (C=O) groups excluding carboxylic acids is 2. The second-order valence-electron chi connectivity index (χ2n) is 4.65. The molecule has 3 heteroatoms. The van der Waals surface area contributed by atoms with Gasteiger partial charge in [0, 0.05) is 18.7 Å². The minimum atomic E-state index is -0.367. The van der Waals surface area contributed by atoms with Crippen LogP contribution in [0.15, 0.2) is 18.2 Å². The number of hydrogen-bond acceptors (Lipinski definition) is 2. The maximum Gasteiger partial charge on any atom is 0.294 e. The first-order valence-electron chi connectivity index (χ1n) is 6.00. The molecule has 0 aromatic heterocycles. The zero-order valence-electron chi connectivity index (χ0n) is 10.3. The van der Waals surface area contributed by atoms with E-state index in [1.807, 2.05) is 26.0 Å². The van der Waals surface area contributed by atoms with E-state index in [0.29, 0.717) is 5.56 Å². The van der Waals surface area contributed by atoms with Gasteiger partial charge in [0.1, 0.15) is 0 Å². The monoisotopic (exact) mass is 231 g/mol. The van der Waals surface area contributed by atoms with Gasteiger partial charge in [-0.2, -0.15) is 0 Å². The highest BCUT2D eigenvalue weighted by Crippen LogP contribution is 2.15. The molecule has 1 heterocycles. The number of carbonyl (C=O) groups is 2. The van der Waals surface area contributed by atoms with Crippen LogP contribution in [0.4, 0.5) is 0 Å². The fourth-order valence-electron chi connectivity index (χ4n) is 2.16. The number of benzene rings is 1. The highest BCUT2D eigenvalue weighted by atomic mass is 16.2. The Labute approximate surface area is 101 Å². The predicted molar refractivity (Wildman–Crippen MR) is 66.1 cm³/mol. The summed E-state index contributed by atoms with van der Waals surface area (Å²) in [6.07, 6.45) is 2.01. The number of aryl methyl sites for hydroxylation is 2. The number of ketones is 1. The quantitative estimate of drug-likeness (QED) is 0.577. The third-order valence-corrected chi connectivity index (χ3v) is 3.23. The molecule has 1 aromatic carbocycles. The van der Waals surface area contributed by atoms with Crippen LogP contribution >= 0.6 is 0 Å². The number of rotatable bonds is 2. The molecule has 0 spiro atoms. The molecule has 0 atom stereocenters. The normalized spacial score (nSPS) is 15.1. The van der Waals surface area contributed by atoms with E-state index in [-0.39, 0.29) is 11.7 Å². The molecule has 1 aromatic rings. The summed E-state index contributed by atoms with van der Waals surface area (Å²) in [5, 5.41) is 0. The highest BCUT2D eigenvalue weighted by Gasteiger charge is 2.26. The van der Waals surface area contributed by atoms with Gasteiger partial charge in [-0.15, -0.1) is 0 Å². The minimum Gasteiger partial charge on any atom is -0.336 e. The Balaban J connectivity index is 2.24. The first-order chi connectivity index (χ1) is 8.09. The molecule has 1 fully saturated rings. The van der Waals surface area contributed by atoms with Gasteiger partial charge in [-0.25, -0.2) is 0 Å². The van der Waals surface area contributed by atoms with Gasteiger partial charge in [-0.1, -0.05) is 17.7 Å². The minimum absolute atomic E-state index is 0.351. The van der Waals surface area contributed by atoms with Crippen molar-refractivity contribution < 1.29 is 9.59 Å². The molecule has 17 heavy (non-hydrogen) atoms. The second kappa shape index (κ2) is 4.70. The van der Waals surface area contributed by atoms with Gasteiger partial charge in [0.15, 0.2) is 0 Å². The lowest BCUT2D eigenvalue weighted by molar-refractivity contribution is -0.125. The van der Waals surface area contributed by atoms with Gasteiger partial charge < -0.3 is 4.90 Å². The van der Waals surface area contributed by atoms with E-state index < -0.39 is 0 Å². The van der Waals surface area contributed by atoms with Gasteiger partial charge in [-0.3, -0.25) is 9.59 Å². The molecular weight excluding hydrogens is 214 g/mol. The molecule has 0 radical (unpaired) electrons. The van der Waals surface area contributed by atoms with Gasteiger partial charge in [0.25, 0.3) is 11.7 Å². The van der Waals surface area contributed by atoms with Gasteiger partial charge in [0.05, 0.1) is 0 Å². The maximum atomic E-state index is 12.1. The Morgan fingerprint density at radius 3 is 2.41 bits per heavy atom. The van der Waals surface area contributed by atoms with E-state index in [9.17, 15) is 9.59 Å². The summed E-state index contributed by atoms with van der Waals surface area (Å²) >= 11 is 0. The summed E-state index contributed by atoms with van der Waals surface area (Å²) < 4.78 is 0. The lowest BCUT2D eigenvalue weighted by Gasteiger charge is -2.15. The van der Waals surface area contributed by atoms with E-state index in [2.05, 4.69) is 0 Å². The Morgan fingerprint density at radius 2 is 1.76 bits per heavy atom. The summed E-state index contributed by atoms with van der Waals surface area (Å²) in [6, 6.07) is 5.64. The largest absolute Gasteiger partial charge is 0.336 e. The molecule has 1 saturated heterocycles. The molecule has 1 amide bonds. The van der Waals surface area contributed by atoms with Crippen LogP contribution in [0.25, 0.3) is 0 Å². The number of hydrogen-bond donors (Lipinski definition) is 0. The number of likely N-dealkylation sites (tertiary alicyclic amines) is 1. The summed E-state index contributed by atoms with van der Waals surface area (Å²) in [4.78, 5) is 25.8. The van der Waals surface area contributed by atoms with Crippen molar-refractivity contribution in [3.8, 4) is 0 Å². The first kappa shape index (κ1) is 11.8. The molecule has 0 N–H and O–H groups in total. The average Bonchev–Trinajstić information content (AvgIpc) is 2.84. The Bertz CT molecular complexity index is 459. The van der Waals surface area contributed by atoms with Crippen LogP contribution in [-0.2, 0) is 4.79 Å². The van der Waals surface area contributed by atoms with E-state index in [0.717, 1.165) is 37.1 Å². The zero-order chi connectivity index (χ0) is 12.4. The van der Waals surface area contributed by atoms with E-state index in [1.165, 1.54) is 0 Å². The predicted octanol–water partition coefficient (Wildman–Crippen LogP) is 2.11. The van der Waals surface area contributed by atoms with Crippen molar-refractivity contribution in [3.05, 3.63) is 34.9 Å². The van der Waals surface area contributed by atoms with Crippen molar-refractivity contribution in [2.75, 3.05) is 13.1 Å². The summed E-state index contributed by atoms with van der Waals surface area (Å²) in [5.41, 5.74) is 2.42. The lowest BCUT2D eigenvalue weighted by atomic mass is 10.0. The van der Waals surface area contributed by atoms with Crippen LogP contribution in [0.2, 0.25) is 0 Å². The van der Waals surface area contributed by atoms with Crippen LogP contribution in [0.3, 0.4) is 0 Å². The zero-order valence-corrected chi connectivity index (χ0v) is 10.3. The Morgan fingerprint density at radius 1 is 1.12 bits per heavy atom. The topological polar surface area (TPSA) is 37.4 Å². The van der Waals surface area contributed by atoms with Crippen molar-refractivity contribution in [1.29, 1.82) is 0 Å². The number of Topliss-reactive ketones (excluding diaryl/α,β-unsaturated/α-hetero) is 1. The number of nitrogens with zero attached hydrogens (tertiary/aromatic N) is 1. The van der Waals surface area contributed by atoms with Crippen LogP contribution < -0.4 is 0 Å². The third-order valence-electron chi connectivity index (χ3n) is 3.23. The van der Waals surface area contributed by atoms with Gasteiger partial charge in [-0.05, 0) is 38.3 Å². The van der Waals surface area contributed by atoms with Gasteiger partial charge >= 0.3 is 0 Å². The van der Waals surface area contributed by atoms with Crippen molar-refractivity contribution in [1.82, 2.24) is 4.90 Å².